The Labute approximate surface area is 116 Å². The number of anilines is 1. The lowest BCUT2D eigenvalue weighted by molar-refractivity contribution is -0.114. The van der Waals surface area contributed by atoms with E-state index in [4.69, 9.17) is 10.5 Å². The van der Waals surface area contributed by atoms with Gasteiger partial charge in [0.2, 0.25) is 5.91 Å². The van der Waals surface area contributed by atoms with E-state index in [1.54, 1.807) is 36.4 Å². The number of amides is 1. The second-order valence-electron chi connectivity index (χ2n) is 4.19. The summed E-state index contributed by atoms with van der Waals surface area (Å²) in [7, 11) is 0. The van der Waals surface area contributed by atoms with E-state index in [1.807, 2.05) is 0 Å². The van der Waals surface area contributed by atoms with Crippen LogP contribution < -0.4 is 15.8 Å². The van der Waals surface area contributed by atoms with Crippen molar-refractivity contribution in [2.45, 2.75) is 6.61 Å². The lowest BCUT2D eigenvalue weighted by atomic mass is 10.2. The van der Waals surface area contributed by atoms with Crippen molar-refractivity contribution in [1.29, 1.82) is 0 Å². The highest BCUT2D eigenvalue weighted by atomic mass is 19.1. The second kappa shape index (κ2) is 6.68. The number of halogens is 1. The van der Waals surface area contributed by atoms with E-state index in [1.165, 1.54) is 12.1 Å². The third-order valence-corrected chi connectivity index (χ3v) is 2.64. The average Bonchev–Trinajstić information content (AvgIpc) is 2.48. The van der Waals surface area contributed by atoms with E-state index in [0.29, 0.717) is 18.0 Å². The van der Waals surface area contributed by atoms with Crippen molar-refractivity contribution in [3.05, 3.63) is 59.9 Å². The van der Waals surface area contributed by atoms with E-state index in [9.17, 15) is 9.18 Å². The van der Waals surface area contributed by atoms with Crippen LogP contribution in [0.5, 0.6) is 5.75 Å². The molecule has 0 saturated carbocycles. The molecule has 0 bridgehead atoms. The Morgan fingerprint density at radius 1 is 1.10 bits per heavy atom. The van der Waals surface area contributed by atoms with Crippen LogP contribution in [0.4, 0.5) is 10.1 Å². The molecule has 2 aromatic rings. The third kappa shape index (κ3) is 4.07. The van der Waals surface area contributed by atoms with Gasteiger partial charge in [-0.3, -0.25) is 4.79 Å². The Kier molecular flexibility index (Phi) is 4.68. The smallest absolute Gasteiger partial charge is 0.238 e. The average molecular weight is 274 g/mol. The van der Waals surface area contributed by atoms with Gasteiger partial charge in [-0.1, -0.05) is 12.1 Å². The van der Waals surface area contributed by atoms with Gasteiger partial charge < -0.3 is 15.8 Å². The molecular weight excluding hydrogens is 259 g/mol. The largest absolute Gasteiger partial charge is 0.489 e. The molecule has 0 fully saturated rings. The summed E-state index contributed by atoms with van der Waals surface area (Å²) in [5.74, 6) is 0.152. The monoisotopic (exact) mass is 274 g/mol. The maximum atomic E-state index is 12.7. The van der Waals surface area contributed by atoms with Gasteiger partial charge in [0.15, 0.2) is 0 Å². The van der Waals surface area contributed by atoms with Gasteiger partial charge in [0.05, 0.1) is 6.54 Å². The van der Waals surface area contributed by atoms with E-state index in [2.05, 4.69) is 5.32 Å². The molecule has 104 valence electrons. The van der Waals surface area contributed by atoms with Crippen molar-refractivity contribution in [2.75, 3.05) is 11.9 Å². The predicted molar refractivity (Wildman–Crippen MR) is 74.9 cm³/mol. The standard InChI is InChI=1S/C15H15FN2O2/c16-12-3-1-11(2-4-12)10-20-14-7-5-13(6-8-14)18-15(19)9-17/h1-8H,9-10,17H2,(H,18,19). The lowest BCUT2D eigenvalue weighted by Gasteiger charge is -2.08. The fraction of sp³-hybridized carbons (Fsp3) is 0.133. The molecule has 0 atom stereocenters. The molecule has 2 aromatic carbocycles. The number of benzene rings is 2. The van der Waals surface area contributed by atoms with Crippen LogP contribution in [0.1, 0.15) is 5.56 Å². The maximum absolute atomic E-state index is 12.7. The summed E-state index contributed by atoms with van der Waals surface area (Å²) in [5.41, 5.74) is 6.75. The first-order valence-corrected chi connectivity index (χ1v) is 6.14. The van der Waals surface area contributed by atoms with Gasteiger partial charge in [0.25, 0.3) is 0 Å². The van der Waals surface area contributed by atoms with E-state index >= 15 is 0 Å². The van der Waals surface area contributed by atoms with Gasteiger partial charge in [0.1, 0.15) is 18.2 Å². The van der Waals surface area contributed by atoms with Gasteiger partial charge >= 0.3 is 0 Å². The Morgan fingerprint density at radius 2 is 1.75 bits per heavy atom. The second-order valence-corrected chi connectivity index (χ2v) is 4.19. The quantitative estimate of drug-likeness (QED) is 0.879. The number of hydrogen-bond acceptors (Lipinski definition) is 3. The summed E-state index contributed by atoms with van der Waals surface area (Å²) in [6, 6.07) is 13.1. The Bertz CT molecular complexity index is 567. The van der Waals surface area contributed by atoms with Gasteiger partial charge in [-0.2, -0.15) is 0 Å². The SMILES string of the molecule is NCC(=O)Nc1ccc(OCc2ccc(F)cc2)cc1. The molecular formula is C15H15FN2O2. The number of carbonyl (C=O) groups is 1. The number of nitrogens with one attached hydrogen (secondary N) is 1. The fourth-order valence-corrected chi connectivity index (χ4v) is 1.59. The summed E-state index contributed by atoms with van der Waals surface area (Å²) in [6.45, 7) is 0.303. The molecule has 1 amide bonds. The van der Waals surface area contributed by atoms with Crippen molar-refractivity contribution in [3.63, 3.8) is 0 Å². The molecule has 0 spiro atoms. The van der Waals surface area contributed by atoms with Gasteiger partial charge in [0, 0.05) is 5.69 Å². The van der Waals surface area contributed by atoms with Gasteiger partial charge in [-0.05, 0) is 42.0 Å². The third-order valence-electron chi connectivity index (χ3n) is 2.64. The van der Waals surface area contributed by atoms with Gasteiger partial charge in [-0.25, -0.2) is 4.39 Å². The molecule has 20 heavy (non-hydrogen) atoms. The number of carbonyl (C=O) groups excluding carboxylic acids is 1. The molecule has 5 heteroatoms. The zero-order chi connectivity index (χ0) is 14.4. The van der Waals surface area contributed by atoms with Crippen LogP contribution in [0.3, 0.4) is 0 Å². The summed E-state index contributed by atoms with van der Waals surface area (Å²) in [6.07, 6.45) is 0. The molecule has 0 aromatic heterocycles. The highest BCUT2D eigenvalue weighted by molar-refractivity contribution is 5.92. The fourth-order valence-electron chi connectivity index (χ4n) is 1.59. The predicted octanol–water partition coefficient (Wildman–Crippen LogP) is 2.30. The van der Waals surface area contributed by atoms with Crippen LogP contribution in [0.15, 0.2) is 48.5 Å². The molecule has 3 N–H and O–H groups in total. The van der Waals surface area contributed by atoms with Crippen molar-refractivity contribution in [1.82, 2.24) is 0 Å². The van der Waals surface area contributed by atoms with Crippen LogP contribution in [0.2, 0.25) is 0 Å². The highest BCUT2D eigenvalue weighted by Gasteiger charge is 2.00. The molecule has 0 unspecified atom stereocenters. The highest BCUT2D eigenvalue weighted by Crippen LogP contribution is 2.17. The van der Waals surface area contributed by atoms with Crippen molar-refractivity contribution in [3.8, 4) is 5.75 Å². The molecule has 0 heterocycles. The van der Waals surface area contributed by atoms with Crippen molar-refractivity contribution < 1.29 is 13.9 Å². The van der Waals surface area contributed by atoms with Crippen molar-refractivity contribution in [2.24, 2.45) is 5.73 Å². The number of nitrogens with two attached hydrogens (primary N) is 1. The molecule has 0 radical (unpaired) electrons. The van der Waals surface area contributed by atoms with E-state index < -0.39 is 0 Å². The molecule has 2 rings (SSSR count). The topological polar surface area (TPSA) is 64.4 Å². The van der Waals surface area contributed by atoms with Crippen LogP contribution in [-0.2, 0) is 11.4 Å². The Morgan fingerprint density at radius 3 is 2.35 bits per heavy atom. The summed E-state index contributed by atoms with van der Waals surface area (Å²) >= 11 is 0. The zero-order valence-corrected chi connectivity index (χ0v) is 10.8. The normalized spacial score (nSPS) is 10.1. The molecule has 4 nitrogen and oxygen atoms in total. The van der Waals surface area contributed by atoms with Gasteiger partial charge in [-0.15, -0.1) is 0 Å². The minimum atomic E-state index is -0.270. The maximum Gasteiger partial charge on any atom is 0.238 e. The lowest BCUT2D eigenvalue weighted by Crippen LogP contribution is -2.21. The summed E-state index contributed by atoms with van der Waals surface area (Å²) in [4.78, 5) is 11.1. The number of ether oxygens (including phenoxy) is 1. The van der Waals surface area contributed by atoms with Crippen LogP contribution in [-0.4, -0.2) is 12.5 Å². The Balaban J connectivity index is 1.90. The number of rotatable bonds is 5. The van der Waals surface area contributed by atoms with Crippen LogP contribution in [0, 0.1) is 5.82 Å². The minimum Gasteiger partial charge on any atom is -0.489 e. The zero-order valence-electron chi connectivity index (χ0n) is 10.8. The molecule has 0 saturated heterocycles. The van der Waals surface area contributed by atoms with Crippen molar-refractivity contribution >= 4 is 11.6 Å². The van der Waals surface area contributed by atoms with Crippen LogP contribution >= 0.6 is 0 Å². The van der Waals surface area contributed by atoms with E-state index in [-0.39, 0.29) is 18.3 Å². The first-order chi connectivity index (χ1) is 9.67. The number of hydrogen-bond donors (Lipinski definition) is 2. The molecule has 0 aliphatic rings. The van der Waals surface area contributed by atoms with E-state index in [0.717, 1.165) is 5.56 Å². The molecule has 0 aliphatic heterocycles. The Hall–Kier alpha value is -2.40. The first-order valence-electron chi connectivity index (χ1n) is 6.14. The minimum absolute atomic E-state index is 0.0528. The summed E-state index contributed by atoms with van der Waals surface area (Å²) < 4.78 is 18.3. The summed E-state index contributed by atoms with van der Waals surface area (Å²) in [5, 5.41) is 2.64. The van der Waals surface area contributed by atoms with Crippen LogP contribution in [0.25, 0.3) is 0 Å². The molecule has 0 aliphatic carbocycles. The first kappa shape index (κ1) is 14.0.